The molecule has 0 aromatic heterocycles. The third-order valence-electron chi connectivity index (χ3n) is 4.64. The molecular weight excluding hydrogens is 485 g/mol. The Morgan fingerprint density at radius 2 is 1.83 bits per heavy atom. The van der Waals surface area contributed by atoms with Crippen molar-refractivity contribution in [3.05, 3.63) is 24.3 Å². The molecule has 7 nitrogen and oxygen atoms in total. The van der Waals surface area contributed by atoms with Gasteiger partial charge in [-0.25, -0.2) is 0 Å². The molecule has 1 aromatic rings. The number of piperidine rings is 1. The van der Waals surface area contributed by atoms with Crippen molar-refractivity contribution >= 4 is 35.9 Å². The van der Waals surface area contributed by atoms with E-state index in [0.717, 1.165) is 56.4 Å². The van der Waals surface area contributed by atoms with Crippen molar-refractivity contribution < 1.29 is 19.0 Å². The molecular formula is C21H34IN3O4. The highest BCUT2D eigenvalue weighted by Crippen LogP contribution is 2.19. The number of nitrogens with one attached hydrogen (secondary N) is 1. The summed E-state index contributed by atoms with van der Waals surface area (Å²) < 4.78 is 16.0. The molecule has 1 aliphatic heterocycles. The minimum absolute atomic E-state index is 0. The SMILES string of the molecule is CCNC(=NCCCOc1ccc(OC)cc1)N1CCC(C(=O)OCC)CC1.I. The molecule has 8 heteroatoms. The van der Waals surface area contributed by atoms with Gasteiger partial charge in [-0.1, -0.05) is 0 Å². The molecule has 29 heavy (non-hydrogen) atoms. The van der Waals surface area contributed by atoms with Crippen molar-refractivity contribution in [3.63, 3.8) is 0 Å². The molecule has 0 spiro atoms. The van der Waals surface area contributed by atoms with E-state index in [4.69, 9.17) is 19.2 Å². The lowest BCUT2D eigenvalue weighted by atomic mass is 9.97. The summed E-state index contributed by atoms with van der Waals surface area (Å²) in [6.07, 6.45) is 2.45. The number of carbonyl (C=O) groups excluding carboxylic acids is 1. The average molecular weight is 519 g/mol. The predicted octanol–water partition coefficient (Wildman–Crippen LogP) is 3.32. The van der Waals surface area contributed by atoms with Crippen LogP contribution >= 0.6 is 24.0 Å². The highest BCUT2D eigenvalue weighted by atomic mass is 127. The normalized spacial score (nSPS) is 14.7. The number of esters is 1. The largest absolute Gasteiger partial charge is 0.497 e. The van der Waals surface area contributed by atoms with Gasteiger partial charge in [-0.3, -0.25) is 9.79 Å². The van der Waals surface area contributed by atoms with Gasteiger partial charge < -0.3 is 24.4 Å². The summed E-state index contributed by atoms with van der Waals surface area (Å²) >= 11 is 0. The van der Waals surface area contributed by atoms with Crippen LogP contribution in [0.1, 0.15) is 33.1 Å². The second-order valence-electron chi connectivity index (χ2n) is 6.63. The summed E-state index contributed by atoms with van der Waals surface area (Å²) in [5.41, 5.74) is 0. The number of hydrogen-bond acceptors (Lipinski definition) is 5. The van der Waals surface area contributed by atoms with Crippen LogP contribution in [0.4, 0.5) is 0 Å². The van der Waals surface area contributed by atoms with E-state index in [1.54, 1.807) is 7.11 Å². The fourth-order valence-electron chi connectivity index (χ4n) is 3.12. The zero-order chi connectivity index (χ0) is 20.2. The second-order valence-corrected chi connectivity index (χ2v) is 6.63. The van der Waals surface area contributed by atoms with Crippen LogP contribution in [-0.4, -0.2) is 63.3 Å². The standard InChI is InChI=1S/C21H33N3O4.HI/c1-4-22-21(24-14-11-17(12-15-24)20(25)27-5-2)23-13-6-16-28-19-9-7-18(26-3)8-10-19;/h7-10,17H,4-6,11-16H2,1-3H3,(H,22,23);1H. The highest BCUT2D eigenvalue weighted by molar-refractivity contribution is 14.0. The molecule has 0 saturated carbocycles. The van der Waals surface area contributed by atoms with Crippen LogP contribution in [0, 0.1) is 5.92 Å². The minimum Gasteiger partial charge on any atom is -0.497 e. The number of hydrogen-bond donors (Lipinski definition) is 1. The van der Waals surface area contributed by atoms with Gasteiger partial charge in [-0.05, 0) is 51.0 Å². The smallest absolute Gasteiger partial charge is 0.309 e. The quantitative estimate of drug-likeness (QED) is 0.178. The van der Waals surface area contributed by atoms with E-state index in [-0.39, 0.29) is 35.9 Å². The summed E-state index contributed by atoms with van der Waals surface area (Å²) in [5, 5.41) is 3.35. The summed E-state index contributed by atoms with van der Waals surface area (Å²) in [6, 6.07) is 7.58. The van der Waals surface area contributed by atoms with Crippen LogP contribution < -0.4 is 14.8 Å². The summed E-state index contributed by atoms with van der Waals surface area (Å²) in [4.78, 5) is 18.8. The number of carbonyl (C=O) groups is 1. The monoisotopic (exact) mass is 519 g/mol. The van der Waals surface area contributed by atoms with Crippen LogP contribution in [0.25, 0.3) is 0 Å². The number of rotatable bonds is 9. The van der Waals surface area contributed by atoms with Crippen molar-refractivity contribution in [1.82, 2.24) is 10.2 Å². The fourth-order valence-corrected chi connectivity index (χ4v) is 3.12. The number of halogens is 1. The first-order chi connectivity index (χ1) is 13.7. The number of methoxy groups -OCH3 is 1. The molecule has 1 fully saturated rings. The fraction of sp³-hybridized carbons (Fsp3) is 0.619. The first kappa shape index (κ1) is 25.3. The van der Waals surface area contributed by atoms with Gasteiger partial charge in [0.15, 0.2) is 5.96 Å². The molecule has 1 aliphatic rings. The maximum Gasteiger partial charge on any atom is 0.309 e. The lowest BCUT2D eigenvalue weighted by Gasteiger charge is -2.33. The molecule has 1 saturated heterocycles. The maximum absolute atomic E-state index is 11.9. The maximum atomic E-state index is 11.9. The van der Waals surface area contributed by atoms with Crippen molar-refractivity contribution in [2.75, 3.05) is 46.5 Å². The summed E-state index contributed by atoms with van der Waals surface area (Å²) in [5.74, 6) is 2.50. The van der Waals surface area contributed by atoms with E-state index in [1.807, 2.05) is 31.2 Å². The number of likely N-dealkylation sites (tertiary alicyclic amines) is 1. The molecule has 1 heterocycles. The molecule has 0 amide bonds. The molecule has 0 bridgehead atoms. The van der Waals surface area contributed by atoms with Crippen LogP contribution in [0.3, 0.4) is 0 Å². The highest BCUT2D eigenvalue weighted by Gasteiger charge is 2.27. The molecule has 0 radical (unpaired) electrons. The number of guanidine groups is 1. The lowest BCUT2D eigenvalue weighted by molar-refractivity contribution is -0.149. The van der Waals surface area contributed by atoms with Crippen LogP contribution in [0.2, 0.25) is 0 Å². The molecule has 0 aliphatic carbocycles. The van der Waals surface area contributed by atoms with Crippen molar-refractivity contribution in [3.8, 4) is 11.5 Å². The Bertz CT molecular complexity index is 617. The van der Waals surface area contributed by atoms with Crippen LogP contribution in [0.5, 0.6) is 11.5 Å². The first-order valence-corrected chi connectivity index (χ1v) is 10.1. The van der Waals surface area contributed by atoms with Crippen LogP contribution in [-0.2, 0) is 9.53 Å². The average Bonchev–Trinajstić information content (AvgIpc) is 2.73. The Balaban J connectivity index is 0.00000420. The summed E-state index contributed by atoms with van der Waals surface area (Å²) in [6.45, 7) is 8.11. The molecule has 0 unspecified atom stereocenters. The van der Waals surface area contributed by atoms with Gasteiger partial charge in [-0.2, -0.15) is 0 Å². The van der Waals surface area contributed by atoms with Gasteiger partial charge in [0.2, 0.25) is 0 Å². The third-order valence-corrected chi connectivity index (χ3v) is 4.64. The minimum atomic E-state index is -0.0697. The van der Waals surface area contributed by atoms with Gasteiger partial charge >= 0.3 is 5.97 Å². The third kappa shape index (κ3) is 8.67. The van der Waals surface area contributed by atoms with Gasteiger partial charge in [0.25, 0.3) is 0 Å². The summed E-state index contributed by atoms with van der Waals surface area (Å²) in [7, 11) is 1.65. The Morgan fingerprint density at radius 3 is 2.41 bits per heavy atom. The Kier molecular flexibility index (Phi) is 12.5. The predicted molar refractivity (Wildman–Crippen MR) is 125 cm³/mol. The van der Waals surface area contributed by atoms with E-state index < -0.39 is 0 Å². The molecule has 0 atom stereocenters. The Labute approximate surface area is 191 Å². The molecule has 2 rings (SSSR count). The topological polar surface area (TPSA) is 72.4 Å². The molecule has 164 valence electrons. The zero-order valence-corrected chi connectivity index (χ0v) is 20.0. The van der Waals surface area contributed by atoms with E-state index in [9.17, 15) is 4.79 Å². The van der Waals surface area contributed by atoms with Gasteiger partial charge in [-0.15, -0.1) is 24.0 Å². The van der Waals surface area contributed by atoms with E-state index in [0.29, 0.717) is 19.8 Å². The van der Waals surface area contributed by atoms with Gasteiger partial charge in [0.05, 0.1) is 26.2 Å². The van der Waals surface area contributed by atoms with E-state index >= 15 is 0 Å². The van der Waals surface area contributed by atoms with Crippen molar-refractivity contribution in [2.45, 2.75) is 33.1 Å². The Morgan fingerprint density at radius 1 is 1.17 bits per heavy atom. The van der Waals surface area contributed by atoms with Crippen LogP contribution in [0.15, 0.2) is 29.3 Å². The number of ether oxygens (including phenoxy) is 3. The zero-order valence-electron chi connectivity index (χ0n) is 17.7. The number of aliphatic imine (C=N–C) groups is 1. The number of nitrogens with zero attached hydrogens (tertiary/aromatic N) is 2. The lowest BCUT2D eigenvalue weighted by Crippen LogP contribution is -2.46. The number of benzene rings is 1. The molecule has 1 N–H and O–H groups in total. The molecule has 1 aromatic carbocycles. The Hall–Kier alpha value is -1.71. The first-order valence-electron chi connectivity index (χ1n) is 10.1. The van der Waals surface area contributed by atoms with Crippen molar-refractivity contribution in [2.24, 2.45) is 10.9 Å². The van der Waals surface area contributed by atoms with Gasteiger partial charge in [0.1, 0.15) is 11.5 Å². The van der Waals surface area contributed by atoms with E-state index in [2.05, 4.69) is 17.1 Å². The second kappa shape index (κ2) is 14.3. The van der Waals surface area contributed by atoms with E-state index in [1.165, 1.54) is 0 Å². The van der Waals surface area contributed by atoms with Gasteiger partial charge in [0, 0.05) is 32.6 Å². The van der Waals surface area contributed by atoms with Crippen molar-refractivity contribution in [1.29, 1.82) is 0 Å².